The first-order valence-electron chi connectivity index (χ1n) is 6.41. The van der Waals surface area contributed by atoms with E-state index in [4.69, 9.17) is 11.6 Å². The first-order valence-corrected chi connectivity index (χ1v) is 8.23. The molecule has 0 N–H and O–H groups in total. The number of ketones is 1. The summed E-state index contributed by atoms with van der Waals surface area (Å²) in [6, 6.07) is 4.22. The molecule has 0 aliphatic heterocycles. The molecule has 0 unspecified atom stereocenters. The van der Waals surface area contributed by atoms with E-state index in [1.807, 2.05) is 0 Å². The van der Waals surface area contributed by atoms with Crippen molar-refractivity contribution in [3.05, 3.63) is 41.4 Å². The molecule has 7 nitrogen and oxygen atoms in total. The molecule has 0 atom stereocenters. The smallest absolute Gasteiger partial charge is 0.244 e. The molecule has 1 heterocycles. The highest BCUT2D eigenvalue weighted by molar-refractivity contribution is 7.89. The van der Waals surface area contributed by atoms with Crippen molar-refractivity contribution in [3.8, 4) is 0 Å². The minimum absolute atomic E-state index is 0.0758. The number of nitrogens with zero attached hydrogens (tertiary/aromatic N) is 4. The highest BCUT2D eigenvalue weighted by atomic mass is 35.5. The Labute approximate surface area is 133 Å². The van der Waals surface area contributed by atoms with E-state index < -0.39 is 10.0 Å². The molecule has 1 aromatic carbocycles. The fraction of sp³-hybridized carbons (Fsp3) is 0.308. The predicted molar refractivity (Wildman–Crippen MR) is 81.3 cm³/mol. The number of rotatable bonds is 6. The summed E-state index contributed by atoms with van der Waals surface area (Å²) < 4.78 is 28.0. The number of halogens is 1. The van der Waals surface area contributed by atoms with Crippen molar-refractivity contribution < 1.29 is 13.2 Å². The van der Waals surface area contributed by atoms with Crippen molar-refractivity contribution in [3.63, 3.8) is 0 Å². The topological polar surface area (TPSA) is 85.2 Å². The molecule has 0 aliphatic carbocycles. The second kappa shape index (κ2) is 6.55. The number of likely N-dealkylation sites (N-methyl/N-ethyl adjacent to an activating group) is 1. The summed E-state index contributed by atoms with van der Waals surface area (Å²) >= 11 is 5.99. The van der Waals surface area contributed by atoms with Gasteiger partial charge in [-0.2, -0.15) is 4.31 Å². The zero-order chi connectivity index (χ0) is 16.3. The summed E-state index contributed by atoms with van der Waals surface area (Å²) in [5.74, 6) is -0.222. The molecule has 0 amide bonds. The van der Waals surface area contributed by atoms with E-state index in [9.17, 15) is 13.2 Å². The van der Waals surface area contributed by atoms with Crippen LogP contribution >= 0.6 is 11.6 Å². The van der Waals surface area contributed by atoms with E-state index in [2.05, 4.69) is 10.2 Å². The molecule has 0 aliphatic rings. The molecule has 118 valence electrons. The molecule has 1 aromatic heterocycles. The van der Waals surface area contributed by atoms with Gasteiger partial charge in [0.15, 0.2) is 5.78 Å². The molecule has 0 fully saturated rings. The molecule has 0 bridgehead atoms. The Morgan fingerprint density at radius 2 is 1.95 bits per heavy atom. The van der Waals surface area contributed by atoms with Crippen LogP contribution in [0.25, 0.3) is 0 Å². The number of carbonyl (C=O) groups is 1. The third-order valence-electron chi connectivity index (χ3n) is 3.17. The Morgan fingerprint density at radius 3 is 2.55 bits per heavy atom. The van der Waals surface area contributed by atoms with Crippen LogP contribution in [0.3, 0.4) is 0 Å². The Balaban J connectivity index is 2.25. The first-order chi connectivity index (χ1) is 10.3. The van der Waals surface area contributed by atoms with Gasteiger partial charge < -0.3 is 4.57 Å². The van der Waals surface area contributed by atoms with Crippen molar-refractivity contribution in [2.45, 2.75) is 18.4 Å². The molecule has 2 aromatic rings. The average molecular weight is 343 g/mol. The number of aromatic nitrogens is 3. The summed E-state index contributed by atoms with van der Waals surface area (Å²) in [6.45, 7) is 2.00. The number of carbonyl (C=O) groups excluding carboxylic acids is 1. The van der Waals surface area contributed by atoms with E-state index in [0.717, 1.165) is 0 Å². The predicted octanol–water partition coefficient (Wildman–Crippen LogP) is 1.45. The van der Waals surface area contributed by atoms with Crippen LogP contribution in [0.5, 0.6) is 0 Å². The SMILES string of the molecule is CC(=O)c1ccc(Cl)c(S(=O)(=O)N(C)CCn2cnnc2)c1. The van der Waals surface area contributed by atoms with Crippen LogP contribution in [0, 0.1) is 0 Å². The van der Waals surface area contributed by atoms with Crippen LogP contribution in [0.15, 0.2) is 35.7 Å². The normalized spacial score (nSPS) is 11.8. The Kier molecular flexibility index (Phi) is 4.94. The van der Waals surface area contributed by atoms with Crippen LogP contribution in [0.4, 0.5) is 0 Å². The van der Waals surface area contributed by atoms with Crippen LogP contribution in [0.2, 0.25) is 5.02 Å². The van der Waals surface area contributed by atoms with E-state index in [1.165, 1.54) is 49.1 Å². The van der Waals surface area contributed by atoms with Crippen molar-refractivity contribution in [2.24, 2.45) is 0 Å². The zero-order valence-corrected chi connectivity index (χ0v) is 13.7. The van der Waals surface area contributed by atoms with Crippen molar-refractivity contribution in [1.82, 2.24) is 19.1 Å². The van der Waals surface area contributed by atoms with E-state index in [0.29, 0.717) is 12.1 Å². The first kappa shape index (κ1) is 16.6. The van der Waals surface area contributed by atoms with Crippen LogP contribution < -0.4 is 0 Å². The van der Waals surface area contributed by atoms with Gasteiger partial charge in [0.1, 0.15) is 17.6 Å². The molecule has 0 saturated carbocycles. The molecule has 0 saturated heterocycles. The van der Waals surface area contributed by atoms with Gasteiger partial charge in [0.05, 0.1) is 5.02 Å². The minimum atomic E-state index is -3.78. The summed E-state index contributed by atoms with van der Waals surface area (Å²) in [5, 5.41) is 7.39. The Hall–Kier alpha value is -1.77. The molecule has 9 heteroatoms. The number of benzene rings is 1. The summed E-state index contributed by atoms with van der Waals surface area (Å²) in [6.07, 6.45) is 3.01. The van der Waals surface area contributed by atoms with Crippen LogP contribution in [-0.2, 0) is 16.6 Å². The van der Waals surface area contributed by atoms with Gasteiger partial charge in [0.25, 0.3) is 0 Å². The fourth-order valence-corrected chi connectivity index (χ4v) is 3.46. The third-order valence-corrected chi connectivity index (χ3v) is 5.50. The maximum atomic E-state index is 12.6. The highest BCUT2D eigenvalue weighted by Crippen LogP contribution is 2.25. The lowest BCUT2D eigenvalue weighted by Gasteiger charge is -2.18. The van der Waals surface area contributed by atoms with Crippen molar-refractivity contribution in [1.29, 1.82) is 0 Å². The van der Waals surface area contributed by atoms with Gasteiger partial charge in [-0.3, -0.25) is 4.79 Å². The quantitative estimate of drug-likeness (QED) is 0.742. The van der Waals surface area contributed by atoms with E-state index in [1.54, 1.807) is 4.57 Å². The third kappa shape index (κ3) is 3.52. The van der Waals surface area contributed by atoms with Gasteiger partial charge in [-0.05, 0) is 25.1 Å². The minimum Gasteiger partial charge on any atom is -0.319 e. The Morgan fingerprint density at radius 1 is 1.32 bits per heavy atom. The van der Waals surface area contributed by atoms with E-state index in [-0.39, 0.29) is 22.2 Å². The molecular weight excluding hydrogens is 328 g/mol. The van der Waals surface area contributed by atoms with Gasteiger partial charge in [0, 0.05) is 25.7 Å². The summed E-state index contributed by atoms with van der Waals surface area (Å²) in [5.41, 5.74) is 0.301. The molecule has 0 spiro atoms. The summed E-state index contributed by atoms with van der Waals surface area (Å²) in [4.78, 5) is 11.3. The maximum absolute atomic E-state index is 12.6. The zero-order valence-electron chi connectivity index (χ0n) is 12.1. The standard InChI is InChI=1S/C13H15ClN4O3S/c1-10(19)11-3-4-12(14)13(7-11)22(20,21)17(2)5-6-18-8-15-16-9-18/h3-4,7-9H,5-6H2,1-2H3. The lowest BCUT2D eigenvalue weighted by molar-refractivity contribution is 0.101. The fourth-order valence-electron chi connectivity index (χ4n) is 1.80. The highest BCUT2D eigenvalue weighted by Gasteiger charge is 2.24. The van der Waals surface area contributed by atoms with Gasteiger partial charge >= 0.3 is 0 Å². The van der Waals surface area contributed by atoms with Gasteiger partial charge in [-0.1, -0.05) is 11.6 Å². The van der Waals surface area contributed by atoms with Gasteiger partial charge in [0.2, 0.25) is 10.0 Å². The average Bonchev–Trinajstić information content (AvgIpc) is 2.97. The lowest BCUT2D eigenvalue weighted by Crippen LogP contribution is -2.30. The second-order valence-electron chi connectivity index (χ2n) is 4.73. The number of Topliss-reactive ketones (excluding diaryl/α,β-unsaturated/α-hetero) is 1. The number of hydrogen-bond acceptors (Lipinski definition) is 5. The maximum Gasteiger partial charge on any atom is 0.244 e. The largest absolute Gasteiger partial charge is 0.319 e. The monoisotopic (exact) mass is 342 g/mol. The number of sulfonamides is 1. The van der Waals surface area contributed by atoms with Gasteiger partial charge in [-0.15, -0.1) is 10.2 Å². The molecule has 2 rings (SSSR count). The molecule has 22 heavy (non-hydrogen) atoms. The van der Waals surface area contributed by atoms with Crippen LogP contribution in [-0.4, -0.2) is 46.9 Å². The van der Waals surface area contributed by atoms with Crippen molar-refractivity contribution in [2.75, 3.05) is 13.6 Å². The molecule has 0 radical (unpaired) electrons. The molecular formula is C13H15ClN4O3S. The van der Waals surface area contributed by atoms with E-state index >= 15 is 0 Å². The van der Waals surface area contributed by atoms with Crippen molar-refractivity contribution >= 4 is 27.4 Å². The lowest BCUT2D eigenvalue weighted by atomic mass is 10.1. The van der Waals surface area contributed by atoms with Crippen LogP contribution in [0.1, 0.15) is 17.3 Å². The van der Waals surface area contributed by atoms with Gasteiger partial charge in [-0.25, -0.2) is 8.42 Å². The second-order valence-corrected chi connectivity index (χ2v) is 7.15. The number of hydrogen-bond donors (Lipinski definition) is 0. The Bertz CT molecular complexity index is 775. The summed E-state index contributed by atoms with van der Waals surface area (Å²) in [7, 11) is -2.33.